The number of carbonyl (C=O) groups is 1. The van der Waals surface area contributed by atoms with Crippen LogP contribution in [0.3, 0.4) is 0 Å². The van der Waals surface area contributed by atoms with Gasteiger partial charge in [-0.1, -0.05) is 42.0 Å². The van der Waals surface area contributed by atoms with Gasteiger partial charge in [-0.15, -0.1) is 0 Å². The predicted octanol–water partition coefficient (Wildman–Crippen LogP) is 4.47. The van der Waals surface area contributed by atoms with E-state index in [0.29, 0.717) is 18.6 Å². The molecule has 2 N–H and O–H groups in total. The van der Waals surface area contributed by atoms with Crippen LogP contribution in [0.4, 0.5) is 0 Å². The van der Waals surface area contributed by atoms with Crippen LogP contribution in [0.2, 0.25) is 0 Å². The molecule has 0 spiro atoms. The normalized spacial score (nSPS) is 19.5. The zero-order chi connectivity index (χ0) is 19.8. The summed E-state index contributed by atoms with van der Waals surface area (Å²) in [6.07, 6.45) is 0.514. The molecular weight excluding hydrogens is 338 g/mol. The molecule has 4 heteroatoms. The van der Waals surface area contributed by atoms with Crippen LogP contribution in [0.25, 0.3) is 16.7 Å². The maximum Gasteiger partial charge on any atom is 0.256 e. The summed E-state index contributed by atoms with van der Waals surface area (Å²) >= 11 is 0. The minimum atomic E-state index is -0.804. The quantitative estimate of drug-likeness (QED) is 0.822. The van der Waals surface area contributed by atoms with Crippen LogP contribution in [-0.2, 0) is 9.53 Å². The van der Waals surface area contributed by atoms with E-state index >= 15 is 0 Å². The predicted molar refractivity (Wildman–Crippen MR) is 109 cm³/mol. The number of hydrogen-bond acceptors (Lipinski definition) is 3. The number of hydrogen-bond donors (Lipinski definition) is 2. The van der Waals surface area contributed by atoms with E-state index in [1.54, 1.807) is 7.11 Å². The van der Waals surface area contributed by atoms with Crippen LogP contribution in [0.1, 0.15) is 35.6 Å². The van der Waals surface area contributed by atoms with Crippen molar-refractivity contribution in [2.45, 2.75) is 39.7 Å². The summed E-state index contributed by atoms with van der Waals surface area (Å²) in [5.74, 6) is -0.143. The van der Waals surface area contributed by atoms with Crippen molar-refractivity contribution in [1.82, 2.24) is 5.32 Å². The summed E-state index contributed by atoms with van der Waals surface area (Å²) in [7, 11) is 1.61. The SMILES string of the molecule is COCCC1(C)NC(=O)C(c2c(C)ccc(-c3ccc(C)cc3)c2C)=C1O. The maximum absolute atomic E-state index is 12.8. The fraction of sp³-hybridized carbons (Fsp3) is 0.348. The van der Waals surface area contributed by atoms with Gasteiger partial charge in [0.1, 0.15) is 5.76 Å². The number of aliphatic hydroxyl groups excluding tert-OH is 1. The van der Waals surface area contributed by atoms with Crippen molar-refractivity contribution in [1.29, 1.82) is 0 Å². The van der Waals surface area contributed by atoms with Crippen molar-refractivity contribution < 1.29 is 14.6 Å². The van der Waals surface area contributed by atoms with Crippen molar-refractivity contribution in [3.63, 3.8) is 0 Å². The number of methoxy groups -OCH3 is 1. The van der Waals surface area contributed by atoms with Crippen LogP contribution in [0.15, 0.2) is 42.2 Å². The molecule has 0 bridgehead atoms. The molecule has 1 aliphatic rings. The first-order chi connectivity index (χ1) is 12.8. The lowest BCUT2D eigenvalue weighted by Gasteiger charge is -2.24. The molecule has 0 saturated heterocycles. The summed E-state index contributed by atoms with van der Waals surface area (Å²) in [5, 5.41) is 13.9. The molecule has 27 heavy (non-hydrogen) atoms. The zero-order valence-corrected chi connectivity index (χ0v) is 16.6. The summed E-state index contributed by atoms with van der Waals surface area (Å²) < 4.78 is 5.14. The van der Waals surface area contributed by atoms with Gasteiger partial charge in [-0.3, -0.25) is 4.79 Å². The summed E-state index contributed by atoms with van der Waals surface area (Å²) in [6.45, 7) is 8.33. The molecule has 142 valence electrons. The molecule has 0 radical (unpaired) electrons. The second kappa shape index (κ2) is 7.20. The number of amides is 1. The number of aryl methyl sites for hydroxylation is 2. The lowest BCUT2D eigenvalue weighted by molar-refractivity contribution is -0.116. The van der Waals surface area contributed by atoms with E-state index in [-0.39, 0.29) is 11.7 Å². The van der Waals surface area contributed by atoms with E-state index in [0.717, 1.165) is 27.8 Å². The molecule has 1 amide bonds. The van der Waals surface area contributed by atoms with E-state index in [9.17, 15) is 9.90 Å². The minimum absolute atomic E-state index is 0.0943. The second-order valence-corrected chi connectivity index (χ2v) is 7.55. The molecule has 0 aromatic heterocycles. The van der Waals surface area contributed by atoms with Crippen LogP contribution in [-0.4, -0.2) is 30.3 Å². The van der Waals surface area contributed by atoms with Crippen molar-refractivity contribution in [2.75, 3.05) is 13.7 Å². The number of carbonyl (C=O) groups excluding carboxylic acids is 1. The topological polar surface area (TPSA) is 58.6 Å². The fourth-order valence-electron chi connectivity index (χ4n) is 3.75. The van der Waals surface area contributed by atoms with Crippen molar-refractivity contribution >= 4 is 11.5 Å². The Kier molecular flexibility index (Phi) is 5.11. The molecule has 1 unspecified atom stereocenters. The Morgan fingerprint density at radius 2 is 1.74 bits per heavy atom. The fourth-order valence-corrected chi connectivity index (χ4v) is 3.75. The van der Waals surface area contributed by atoms with Gasteiger partial charge >= 0.3 is 0 Å². The molecule has 0 saturated carbocycles. The molecule has 4 nitrogen and oxygen atoms in total. The Bertz CT molecular complexity index is 912. The molecule has 2 aromatic carbocycles. The largest absolute Gasteiger partial charge is 0.509 e. The van der Waals surface area contributed by atoms with E-state index in [1.807, 2.05) is 26.8 Å². The smallest absolute Gasteiger partial charge is 0.256 e. The Morgan fingerprint density at radius 1 is 1.07 bits per heavy atom. The first-order valence-electron chi connectivity index (χ1n) is 9.21. The first kappa shape index (κ1) is 19.2. The summed E-state index contributed by atoms with van der Waals surface area (Å²) in [6, 6.07) is 12.4. The lowest BCUT2D eigenvalue weighted by Crippen LogP contribution is -2.42. The van der Waals surface area contributed by atoms with Crippen LogP contribution in [0.5, 0.6) is 0 Å². The molecule has 1 heterocycles. The van der Waals surface area contributed by atoms with Crippen LogP contribution < -0.4 is 5.32 Å². The van der Waals surface area contributed by atoms with Gasteiger partial charge in [-0.25, -0.2) is 0 Å². The maximum atomic E-state index is 12.8. The molecule has 3 rings (SSSR count). The van der Waals surface area contributed by atoms with E-state index in [4.69, 9.17) is 4.74 Å². The number of rotatable bonds is 5. The number of aliphatic hydroxyl groups is 1. The zero-order valence-electron chi connectivity index (χ0n) is 16.6. The van der Waals surface area contributed by atoms with Crippen molar-refractivity contribution in [3.05, 3.63) is 64.4 Å². The Hall–Kier alpha value is -2.59. The lowest BCUT2D eigenvalue weighted by atomic mass is 9.87. The van der Waals surface area contributed by atoms with E-state index < -0.39 is 5.54 Å². The third-order valence-corrected chi connectivity index (χ3v) is 5.47. The van der Waals surface area contributed by atoms with Gasteiger partial charge in [0, 0.05) is 20.1 Å². The molecule has 0 aliphatic carbocycles. The molecule has 2 aromatic rings. The van der Waals surface area contributed by atoms with Gasteiger partial charge in [0.2, 0.25) is 0 Å². The number of ether oxygens (including phenoxy) is 1. The van der Waals surface area contributed by atoms with Crippen molar-refractivity contribution in [2.24, 2.45) is 0 Å². The standard InChI is InChI=1S/C23H27NO3/c1-14-6-9-17(10-7-14)18-11-8-15(2)19(16(18)3)20-21(25)23(4,12-13-27-5)24-22(20)26/h6-11,25H,12-13H2,1-5H3,(H,24,26). The summed E-state index contributed by atoms with van der Waals surface area (Å²) in [5.41, 5.74) is 5.70. The average Bonchev–Trinajstić information content (AvgIpc) is 2.85. The Labute approximate surface area is 160 Å². The number of benzene rings is 2. The highest BCUT2D eigenvalue weighted by Gasteiger charge is 2.42. The van der Waals surface area contributed by atoms with Gasteiger partial charge in [0.25, 0.3) is 5.91 Å². The summed E-state index contributed by atoms with van der Waals surface area (Å²) in [4.78, 5) is 12.8. The van der Waals surface area contributed by atoms with E-state index in [1.165, 1.54) is 5.56 Å². The van der Waals surface area contributed by atoms with Gasteiger partial charge in [-0.05, 0) is 55.5 Å². The first-order valence-corrected chi connectivity index (χ1v) is 9.21. The van der Waals surface area contributed by atoms with Gasteiger partial charge in [-0.2, -0.15) is 0 Å². The highest BCUT2D eigenvalue weighted by Crippen LogP contribution is 2.39. The molecule has 1 aliphatic heterocycles. The Balaban J connectivity index is 2.15. The third-order valence-electron chi connectivity index (χ3n) is 5.47. The average molecular weight is 365 g/mol. The minimum Gasteiger partial charge on any atom is -0.509 e. The monoisotopic (exact) mass is 365 g/mol. The molecular formula is C23H27NO3. The van der Waals surface area contributed by atoms with Gasteiger partial charge in [0.05, 0.1) is 11.1 Å². The van der Waals surface area contributed by atoms with Crippen LogP contribution in [0, 0.1) is 20.8 Å². The van der Waals surface area contributed by atoms with Gasteiger partial charge in [0.15, 0.2) is 0 Å². The molecule has 0 fully saturated rings. The van der Waals surface area contributed by atoms with E-state index in [2.05, 4.69) is 42.6 Å². The van der Waals surface area contributed by atoms with Crippen molar-refractivity contribution in [3.8, 4) is 11.1 Å². The highest BCUT2D eigenvalue weighted by molar-refractivity contribution is 6.24. The third kappa shape index (κ3) is 3.37. The van der Waals surface area contributed by atoms with Crippen LogP contribution >= 0.6 is 0 Å². The number of nitrogens with one attached hydrogen (secondary N) is 1. The molecule has 1 atom stereocenters. The highest BCUT2D eigenvalue weighted by atomic mass is 16.5. The second-order valence-electron chi connectivity index (χ2n) is 7.55. The van der Waals surface area contributed by atoms with Gasteiger partial charge < -0.3 is 15.2 Å². The Morgan fingerprint density at radius 3 is 2.37 bits per heavy atom.